The smallest absolute Gasteiger partial charge is 0.180 e. The predicted octanol–water partition coefficient (Wildman–Crippen LogP) is 6.13. The van der Waals surface area contributed by atoms with Gasteiger partial charge in [0, 0.05) is 28.8 Å². The predicted molar refractivity (Wildman–Crippen MR) is 182 cm³/mol. The summed E-state index contributed by atoms with van der Waals surface area (Å²) in [4.78, 5) is 4.90. The molecular weight excluding hydrogens is 600 g/mol. The van der Waals surface area contributed by atoms with Crippen molar-refractivity contribution in [2.75, 3.05) is 0 Å². The first kappa shape index (κ1) is 29.1. The second kappa shape index (κ2) is 12.5. The lowest BCUT2D eigenvalue weighted by Crippen LogP contribution is -2.12. The number of benzene rings is 4. The molecule has 0 spiro atoms. The third-order valence-electron chi connectivity index (χ3n) is 8.64. The Bertz CT molecular complexity index is 2140. The highest BCUT2D eigenvalue weighted by Gasteiger charge is 2.21. The second-order valence-electron chi connectivity index (χ2n) is 11.8. The van der Waals surface area contributed by atoms with Gasteiger partial charge >= 0.3 is 0 Å². The maximum absolute atomic E-state index is 4.90. The number of hydrogen-bond donors (Lipinski definition) is 2. The quantitative estimate of drug-likeness (QED) is 0.183. The van der Waals surface area contributed by atoms with Crippen molar-refractivity contribution in [1.29, 1.82) is 0 Å². The molecule has 4 heterocycles. The van der Waals surface area contributed by atoms with E-state index in [9.17, 15) is 0 Å². The van der Waals surface area contributed by atoms with E-state index in [-0.39, 0.29) is 0 Å². The molecule has 0 saturated carbocycles. The molecular formula is C36H32N12. The summed E-state index contributed by atoms with van der Waals surface area (Å²) in [6.45, 7) is 4.84. The van der Waals surface area contributed by atoms with Crippen LogP contribution >= 0.6 is 0 Å². The molecule has 0 aliphatic rings. The minimum absolute atomic E-state index is 0.645. The number of aryl methyl sites for hydroxylation is 1. The first-order valence-electron chi connectivity index (χ1n) is 15.9. The molecule has 0 atom stereocenters. The van der Waals surface area contributed by atoms with E-state index < -0.39 is 0 Å². The molecule has 0 fully saturated rings. The highest BCUT2D eigenvalue weighted by molar-refractivity contribution is 5.81. The summed E-state index contributed by atoms with van der Waals surface area (Å²) >= 11 is 0. The maximum atomic E-state index is 4.90. The number of fused-ring (bicyclic) bond motifs is 1. The Balaban J connectivity index is 1.10. The van der Waals surface area contributed by atoms with Crippen molar-refractivity contribution in [3.05, 3.63) is 125 Å². The number of hydrogen-bond acceptors (Lipinski definition) is 8. The van der Waals surface area contributed by atoms with Crippen LogP contribution in [0.15, 0.2) is 97.1 Å². The highest BCUT2D eigenvalue weighted by Crippen LogP contribution is 2.32. The number of aromatic amines is 2. The number of tetrazole rings is 2. The van der Waals surface area contributed by atoms with Crippen LogP contribution in [0.5, 0.6) is 0 Å². The SMILES string of the molecule is CCCc1c(Cc2ccc(-c3ccccc3-c3nnn[nH]3)cc2)c2nc(C)nn2n1Cc1ccc(-c2ccccc2-c2nnn[nH]2)cc1. The Hall–Kier alpha value is -6.30. The van der Waals surface area contributed by atoms with Crippen molar-refractivity contribution < 1.29 is 0 Å². The maximum Gasteiger partial charge on any atom is 0.180 e. The van der Waals surface area contributed by atoms with Gasteiger partial charge in [0.15, 0.2) is 17.3 Å². The molecule has 0 aliphatic carbocycles. The Morgan fingerprint density at radius 3 is 1.71 bits per heavy atom. The normalized spacial score (nSPS) is 11.5. The molecule has 0 unspecified atom stereocenters. The topological polar surface area (TPSA) is 144 Å². The summed E-state index contributed by atoms with van der Waals surface area (Å²) < 4.78 is 4.28. The average Bonchev–Trinajstić information content (AvgIpc) is 3.95. The van der Waals surface area contributed by atoms with Crippen molar-refractivity contribution in [3.8, 4) is 45.0 Å². The molecule has 0 bridgehead atoms. The van der Waals surface area contributed by atoms with E-state index in [0.717, 1.165) is 64.1 Å². The standard InChI is InChI=1S/C36H32N12/c1-3-8-33-32(21-24-13-17-26(18-14-24)28-9-4-6-11-30(28)34-38-43-44-39-34)36-37-23(2)42-48(36)47(33)22-25-15-19-27(20-16-25)29-10-5-7-12-31(29)35-40-45-46-41-35/h4-7,9-20H,3,8,21-22H2,1-2H3,(H,38,39,43,44)(H,40,41,45,46). The number of H-pyrrole nitrogens is 2. The minimum Gasteiger partial charge on any atom is -0.263 e. The van der Waals surface area contributed by atoms with E-state index in [1.807, 2.05) is 48.0 Å². The third-order valence-corrected chi connectivity index (χ3v) is 8.64. The molecule has 236 valence electrons. The summed E-state index contributed by atoms with van der Waals surface area (Å²) in [6, 6.07) is 33.7. The van der Waals surface area contributed by atoms with Crippen LogP contribution in [0.25, 0.3) is 50.7 Å². The van der Waals surface area contributed by atoms with Gasteiger partial charge in [-0.05, 0) is 67.6 Å². The van der Waals surface area contributed by atoms with Crippen molar-refractivity contribution in [2.45, 2.75) is 39.7 Å². The molecule has 8 aromatic rings. The first-order chi connectivity index (χ1) is 23.7. The molecule has 4 aromatic carbocycles. The molecule has 8 rings (SSSR count). The van der Waals surface area contributed by atoms with E-state index in [2.05, 4.69) is 114 Å². The van der Waals surface area contributed by atoms with Gasteiger partial charge in [-0.2, -0.15) is 4.63 Å². The molecule has 12 heteroatoms. The molecule has 48 heavy (non-hydrogen) atoms. The van der Waals surface area contributed by atoms with Gasteiger partial charge in [-0.3, -0.25) is 4.68 Å². The van der Waals surface area contributed by atoms with Crippen LogP contribution in [0.3, 0.4) is 0 Å². The molecule has 0 amide bonds. The molecule has 0 radical (unpaired) electrons. The minimum atomic E-state index is 0.645. The first-order valence-corrected chi connectivity index (χ1v) is 15.9. The van der Waals surface area contributed by atoms with E-state index in [1.165, 1.54) is 22.4 Å². The van der Waals surface area contributed by atoms with Gasteiger partial charge in [0.2, 0.25) is 0 Å². The van der Waals surface area contributed by atoms with Crippen molar-refractivity contribution in [3.63, 3.8) is 0 Å². The zero-order valence-corrected chi connectivity index (χ0v) is 26.5. The molecule has 12 nitrogen and oxygen atoms in total. The number of nitrogens with zero attached hydrogens (tertiary/aromatic N) is 10. The van der Waals surface area contributed by atoms with E-state index in [0.29, 0.717) is 18.2 Å². The van der Waals surface area contributed by atoms with Gasteiger partial charge < -0.3 is 0 Å². The van der Waals surface area contributed by atoms with Gasteiger partial charge in [-0.1, -0.05) is 110 Å². The zero-order chi connectivity index (χ0) is 32.5. The third kappa shape index (κ3) is 5.42. The van der Waals surface area contributed by atoms with E-state index in [4.69, 9.17) is 10.1 Å². The summed E-state index contributed by atoms with van der Waals surface area (Å²) in [7, 11) is 0. The molecule has 2 N–H and O–H groups in total. The largest absolute Gasteiger partial charge is 0.263 e. The Morgan fingerprint density at radius 1 is 0.646 bits per heavy atom. The Labute approximate surface area is 275 Å². The van der Waals surface area contributed by atoms with Crippen molar-refractivity contribution in [1.82, 2.24) is 60.6 Å². The second-order valence-corrected chi connectivity index (χ2v) is 11.8. The molecule has 4 aromatic heterocycles. The fourth-order valence-electron chi connectivity index (χ4n) is 6.42. The van der Waals surface area contributed by atoms with Crippen LogP contribution < -0.4 is 0 Å². The number of nitrogens with one attached hydrogen (secondary N) is 2. The van der Waals surface area contributed by atoms with Crippen molar-refractivity contribution in [2.24, 2.45) is 0 Å². The van der Waals surface area contributed by atoms with Crippen LogP contribution in [0.1, 0.15) is 41.6 Å². The zero-order valence-electron chi connectivity index (χ0n) is 26.5. The van der Waals surface area contributed by atoms with Crippen molar-refractivity contribution >= 4 is 5.65 Å². The summed E-state index contributed by atoms with van der Waals surface area (Å²) in [6.07, 6.45) is 2.69. The van der Waals surface area contributed by atoms with Gasteiger partial charge in [-0.25, -0.2) is 15.2 Å². The van der Waals surface area contributed by atoms with E-state index >= 15 is 0 Å². The average molecular weight is 633 g/mol. The van der Waals surface area contributed by atoms with Crippen LogP contribution in [0.4, 0.5) is 0 Å². The number of rotatable bonds is 10. The fraction of sp³-hybridized carbons (Fsp3) is 0.167. The summed E-state index contributed by atoms with van der Waals surface area (Å²) in [5.41, 5.74) is 12.0. The van der Waals surface area contributed by atoms with E-state index in [1.54, 1.807) is 0 Å². The fourth-order valence-corrected chi connectivity index (χ4v) is 6.42. The molecule has 0 saturated heterocycles. The Kier molecular flexibility index (Phi) is 7.57. The summed E-state index contributed by atoms with van der Waals surface area (Å²) in [5.74, 6) is 2.05. The van der Waals surface area contributed by atoms with Crippen LogP contribution in [0, 0.1) is 6.92 Å². The van der Waals surface area contributed by atoms with Gasteiger partial charge in [0.1, 0.15) is 5.82 Å². The van der Waals surface area contributed by atoms with Gasteiger partial charge in [0.25, 0.3) is 0 Å². The lowest BCUT2D eigenvalue weighted by atomic mass is 9.96. The van der Waals surface area contributed by atoms with Crippen LogP contribution in [-0.2, 0) is 19.4 Å². The lowest BCUT2D eigenvalue weighted by molar-refractivity contribution is 0.551. The van der Waals surface area contributed by atoms with Crippen LogP contribution in [-0.4, -0.2) is 60.6 Å². The number of aromatic nitrogens is 12. The van der Waals surface area contributed by atoms with Crippen LogP contribution in [0.2, 0.25) is 0 Å². The molecule has 0 aliphatic heterocycles. The monoisotopic (exact) mass is 632 g/mol. The van der Waals surface area contributed by atoms with Gasteiger partial charge in [-0.15, -0.1) is 15.3 Å². The summed E-state index contributed by atoms with van der Waals surface area (Å²) in [5, 5.41) is 33.9. The highest BCUT2D eigenvalue weighted by atomic mass is 15.5. The Morgan fingerprint density at radius 2 is 1.19 bits per heavy atom. The lowest BCUT2D eigenvalue weighted by Gasteiger charge is -2.13. The van der Waals surface area contributed by atoms with Gasteiger partial charge in [0.05, 0.1) is 6.54 Å².